The lowest BCUT2D eigenvalue weighted by Gasteiger charge is -2.23. The summed E-state index contributed by atoms with van der Waals surface area (Å²) in [7, 11) is 4.35. The van der Waals surface area contributed by atoms with Crippen molar-refractivity contribution in [2.45, 2.75) is 66.2 Å². The van der Waals surface area contributed by atoms with E-state index in [9.17, 15) is 0 Å². The predicted octanol–water partition coefficient (Wildman–Crippen LogP) is 5.44. The van der Waals surface area contributed by atoms with Gasteiger partial charge in [-0.15, -0.1) is 0 Å². The molecule has 0 aromatic carbocycles. The lowest BCUT2D eigenvalue weighted by Crippen LogP contribution is -2.15. The summed E-state index contributed by atoms with van der Waals surface area (Å²) in [6, 6.07) is 0. The minimum absolute atomic E-state index is 0.741. The molecule has 1 aliphatic rings. The largest absolute Gasteiger partial charge is 0.309 e. The zero-order valence-electron chi connectivity index (χ0n) is 14.6. The second kappa shape index (κ2) is 8.67. The highest BCUT2D eigenvalue weighted by Gasteiger charge is 2.24. The summed E-state index contributed by atoms with van der Waals surface area (Å²) < 4.78 is 0. The van der Waals surface area contributed by atoms with Crippen molar-refractivity contribution in [2.75, 3.05) is 20.6 Å². The topological polar surface area (TPSA) is 3.24 Å². The van der Waals surface area contributed by atoms with Crippen molar-refractivity contribution in [2.24, 2.45) is 11.8 Å². The second-order valence-electron chi connectivity index (χ2n) is 6.81. The van der Waals surface area contributed by atoms with Crippen LogP contribution in [0.5, 0.6) is 0 Å². The molecule has 1 aliphatic carbocycles. The van der Waals surface area contributed by atoms with Gasteiger partial charge in [-0.2, -0.15) is 0 Å². The van der Waals surface area contributed by atoms with Crippen molar-refractivity contribution in [3.63, 3.8) is 0 Å². The normalized spacial score (nSPS) is 18.6. The van der Waals surface area contributed by atoms with Crippen LogP contribution in [-0.4, -0.2) is 25.5 Å². The summed E-state index contributed by atoms with van der Waals surface area (Å²) in [5.74, 6) is 1.51. The van der Waals surface area contributed by atoms with Crippen molar-refractivity contribution in [1.29, 1.82) is 0 Å². The molecule has 1 rings (SSSR count). The van der Waals surface area contributed by atoms with Gasteiger partial charge in [-0.05, 0) is 62.8 Å². The third kappa shape index (κ3) is 4.77. The first kappa shape index (κ1) is 17.5. The molecule has 0 fully saturated rings. The highest BCUT2D eigenvalue weighted by atomic mass is 15.0. The molecule has 0 N–H and O–H groups in total. The van der Waals surface area contributed by atoms with E-state index in [2.05, 4.69) is 52.8 Å². The van der Waals surface area contributed by atoms with E-state index in [-0.39, 0.29) is 0 Å². The van der Waals surface area contributed by atoms with E-state index in [1.807, 2.05) is 0 Å². The zero-order chi connectivity index (χ0) is 15.1. The minimum Gasteiger partial charge on any atom is -0.309 e. The van der Waals surface area contributed by atoms with Crippen LogP contribution in [0, 0.1) is 11.8 Å². The lowest BCUT2D eigenvalue weighted by atomic mass is 9.83. The van der Waals surface area contributed by atoms with E-state index in [1.54, 1.807) is 16.7 Å². The number of hydrogen-bond donors (Lipinski definition) is 0. The van der Waals surface area contributed by atoms with Gasteiger partial charge in [0.25, 0.3) is 0 Å². The predicted molar refractivity (Wildman–Crippen MR) is 91.0 cm³/mol. The van der Waals surface area contributed by atoms with Crippen LogP contribution >= 0.6 is 0 Å². The van der Waals surface area contributed by atoms with Gasteiger partial charge < -0.3 is 4.90 Å². The average Bonchev–Trinajstić information content (AvgIpc) is 2.80. The van der Waals surface area contributed by atoms with Gasteiger partial charge in [0.15, 0.2) is 0 Å². The molecular formula is C19H35N. The summed E-state index contributed by atoms with van der Waals surface area (Å²) in [5, 5.41) is 0. The maximum Gasteiger partial charge on any atom is 0.00157 e. The molecule has 20 heavy (non-hydrogen) atoms. The Hall–Kier alpha value is -0.560. The third-order valence-corrected chi connectivity index (χ3v) is 4.62. The molecule has 0 spiro atoms. The maximum absolute atomic E-state index is 2.52. The van der Waals surface area contributed by atoms with Gasteiger partial charge in [0, 0.05) is 6.54 Å². The second-order valence-corrected chi connectivity index (χ2v) is 6.81. The molecule has 0 aromatic rings. The first-order valence-corrected chi connectivity index (χ1v) is 8.58. The molecule has 0 aliphatic heterocycles. The van der Waals surface area contributed by atoms with E-state index in [4.69, 9.17) is 0 Å². The van der Waals surface area contributed by atoms with Crippen LogP contribution in [0.3, 0.4) is 0 Å². The molecule has 0 radical (unpaired) electrons. The SMILES string of the molecule is CCCC(C)C1=C(C(C)CCC)C(CCN(C)C)=CC1. The molecule has 0 bridgehead atoms. The van der Waals surface area contributed by atoms with Crippen molar-refractivity contribution in [1.82, 2.24) is 4.90 Å². The van der Waals surface area contributed by atoms with Gasteiger partial charge in [0.2, 0.25) is 0 Å². The van der Waals surface area contributed by atoms with Gasteiger partial charge >= 0.3 is 0 Å². The van der Waals surface area contributed by atoms with Crippen molar-refractivity contribution < 1.29 is 0 Å². The molecular weight excluding hydrogens is 242 g/mol. The highest BCUT2D eigenvalue weighted by molar-refractivity contribution is 5.44. The fourth-order valence-electron chi connectivity index (χ4n) is 3.52. The van der Waals surface area contributed by atoms with Gasteiger partial charge in [0.1, 0.15) is 0 Å². The summed E-state index contributed by atoms with van der Waals surface area (Å²) in [6.07, 6.45) is 10.2. The summed E-state index contributed by atoms with van der Waals surface area (Å²) in [6.45, 7) is 10.7. The third-order valence-electron chi connectivity index (χ3n) is 4.62. The van der Waals surface area contributed by atoms with E-state index in [0.29, 0.717) is 0 Å². The van der Waals surface area contributed by atoms with Gasteiger partial charge in [-0.25, -0.2) is 0 Å². The minimum atomic E-state index is 0.741. The van der Waals surface area contributed by atoms with Gasteiger partial charge in [-0.3, -0.25) is 0 Å². The van der Waals surface area contributed by atoms with Crippen LogP contribution in [0.1, 0.15) is 66.2 Å². The fourth-order valence-corrected chi connectivity index (χ4v) is 3.52. The van der Waals surface area contributed by atoms with Gasteiger partial charge in [-0.1, -0.05) is 52.2 Å². The monoisotopic (exact) mass is 277 g/mol. The molecule has 0 saturated heterocycles. The van der Waals surface area contributed by atoms with E-state index in [1.165, 1.54) is 45.1 Å². The van der Waals surface area contributed by atoms with Crippen LogP contribution in [-0.2, 0) is 0 Å². The van der Waals surface area contributed by atoms with Crippen molar-refractivity contribution in [3.8, 4) is 0 Å². The molecule has 116 valence electrons. The average molecular weight is 277 g/mol. The smallest absolute Gasteiger partial charge is 0.00157 e. The van der Waals surface area contributed by atoms with Gasteiger partial charge in [0.05, 0.1) is 0 Å². The highest BCUT2D eigenvalue weighted by Crippen LogP contribution is 2.40. The molecule has 0 aromatic heterocycles. The number of hydrogen-bond acceptors (Lipinski definition) is 1. The quantitative estimate of drug-likeness (QED) is 0.542. The molecule has 0 amide bonds. The maximum atomic E-state index is 2.52. The van der Waals surface area contributed by atoms with Crippen LogP contribution in [0.4, 0.5) is 0 Å². The molecule has 1 heteroatoms. The first-order chi connectivity index (χ1) is 9.51. The molecule has 2 unspecified atom stereocenters. The fraction of sp³-hybridized carbons (Fsp3) is 0.789. The molecule has 2 atom stereocenters. The lowest BCUT2D eigenvalue weighted by molar-refractivity contribution is 0.412. The summed E-state index contributed by atoms with van der Waals surface area (Å²) >= 11 is 0. The van der Waals surface area contributed by atoms with Crippen molar-refractivity contribution in [3.05, 3.63) is 22.8 Å². The Morgan fingerprint density at radius 2 is 1.65 bits per heavy atom. The van der Waals surface area contributed by atoms with Crippen LogP contribution in [0.15, 0.2) is 22.8 Å². The Labute approximate surface area is 127 Å². The van der Waals surface area contributed by atoms with Crippen LogP contribution in [0.25, 0.3) is 0 Å². The Kier molecular flexibility index (Phi) is 7.58. The first-order valence-electron chi connectivity index (χ1n) is 8.58. The Balaban J connectivity index is 2.89. The number of rotatable bonds is 9. The van der Waals surface area contributed by atoms with E-state index < -0.39 is 0 Å². The molecule has 0 saturated carbocycles. The van der Waals surface area contributed by atoms with Crippen LogP contribution < -0.4 is 0 Å². The zero-order valence-corrected chi connectivity index (χ0v) is 14.6. The summed E-state index contributed by atoms with van der Waals surface area (Å²) in [4.78, 5) is 2.30. The summed E-state index contributed by atoms with van der Waals surface area (Å²) in [5.41, 5.74) is 5.13. The van der Waals surface area contributed by atoms with Crippen molar-refractivity contribution >= 4 is 0 Å². The molecule has 0 heterocycles. The number of allylic oxidation sites excluding steroid dienone is 3. The van der Waals surface area contributed by atoms with E-state index in [0.717, 1.165) is 11.8 Å². The molecule has 1 nitrogen and oxygen atoms in total. The van der Waals surface area contributed by atoms with E-state index >= 15 is 0 Å². The standard InChI is InChI=1S/C19H35N/c1-7-9-15(3)18-12-11-17(13-14-20(5)6)19(18)16(4)10-8-2/h11,15-16H,7-10,12-14H2,1-6H3. The number of nitrogens with zero attached hydrogens (tertiary/aromatic N) is 1. The Bertz CT molecular complexity index is 349. The van der Waals surface area contributed by atoms with Crippen LogP contribution in [0.2, 0.25) is 0 Å². The Morgan fingerprint density at radius 3 is 2.20 bits per heavy atom. The Morgan fingerprint density at radius 1 is 1.05 bits per heavy atom.